The van der Waals surface area contributed by atoms with Gasteiger partial charge in [-0.3, -0.25) is 4.79 Å². The molecule has 1 unspecified atom stereocenters. The highest BCUT2D eigenvalue weighted by molar-refractivity contribution is 14.1. The van der Waals surface area contributed by atoms with Gasteiger partial charge in [0.1, 0.15) is 3.92 Å². The van der Waals surface area contributed by atoms with Gasteiger partial charge in [-0.25, -0.2) is 8.42 Å². The second kappa shape index (κ2) is 7.34. The van der Waals surface area contributed by atoms with E-state index in [1.807, 2.05) is 22.6 Å². The first-order valence-corrected chi connectivity index (χ1v) is 11.0. The van der Waals surface area contributed by atoms with Gasteiger partial charge >= 0.3 is 5.97 Å². The molecule has 26 heavy (non-hydrogen) atoms. The summed E-state index contributed by atoms with van der Waals surface area (Å²) in [5, 5.41) is 0. The molecule has 0 saturated carbocycles. The molecule has 4 atom stereocenters. The van der Waals surface area contributed by atoms with Gasteiger partial charge in [0, 0.05) is 0 Å². The van der Waals surface area contributed by atoms with Crippen molar-refractivity contribution in [3.05, 3.63) is 30.3 Å². The second-order valence-electron chi connectivity index (χ2n) is 6.81. The average molecular weight is 495 g/mol. The number of alkyl halides is 1. The third kappa shape index (κ3) is 3.64. The number of hydrogen-bond acceptors (Lipinski definition) is 6. The molecule has 0 amide bonds. The average Bonchev–Trinajstić information content (AvgIpc) is 2.99. The molecule has 3 rings (SSSR count). The van der Waals surface area contributed by atoms with Crippen LogP contribution in [0.2, 0.25) is 0 Å². The number of nitrogens with zero attached hydrogens (tertiary/aromatic N) is 1. The van der Waals surface area contributed by atoms with E-state index in [9.17, 15) is 13.2 Å². The maximum atomic E-state index is 13.3. The van der Waals surface area contributed by atoms with E-state index in [1.54, 1.807) is 44.2 Å². The number of fused-ring (bicyclic) bond motifs is 1. The number of carbonyl (C=O) groups is 1. The van der Waals surface area contributed by atoms with Crippen LogP contribution in [-0.4, -0.2) is 60.3 Å². The molecule has 2 fully saturated rings. The summed E-state index contributed by atoms with van der Waals surface area (Å²) in [5.74, 6) is -1.24. The van der Waals surface area contributed by atoms with Crippen LogP contribution in [0.15, 0.2) is 35.2 Å². The summed E-state index contributed by atoms with van der Waals surface area (Å²) < 4.78 is 43.9. The van der Waals surface area contributed by atoms with Crippen LogP contribution in [0.3, 0.4) is 0 Å². The Balaban J connectivity index is 2.01. The van der Waals surface area contributed by atoms with Crippen molar-refractivity contribution in [1.29, 1.82) is 0 Å². The Kier molecular flexibility index (Phi) is 5.65. The molecular weight excluding hydrogens is 473 g/mol. The molecule has 1 aromatic carbocycles. The topological polar surface area (TPSA) is 82.1 Å². The summed E-state index contributed by atoms with van der Waals surface area (Å²) in [6.45, 7) is 3.81. The Labute approximate surface area is 167 Å². The van der Waals surface area contributed by atoms with Crippen LogP contribution in [0.1, 0.15) is 20.3 Å². The smallest absolute Gasteiger partial charge is 0.320 e. The standard InChI is InChI=1S/C17H22INO6S/c1-17(2)24-10-13-14(25-17)9-12(15(18)16(20)23-3)19(13)26(21,22)11-7-5-4-6-8-11/h4-8,12-15H,9-10H2,1-3H3/t12-,13+,14+,15?/m1/s1. The molecule has 0 aliphatic carbocycles. The van der Waals surface area contributed by atoms with Crippen molar-refractivity contribution in [2.45, 2.75) is 53.1 Å². The molecule has 9 heteroatoms. The lowest BCUT2D eigenvalue weighted by molar-refractivity contribution is -0.279. The molecule has 0 bridgehead atoms. The van der Waals surface area contributed by atoms with Crippen molar-refractivity contribution in [3.8, 4) is 0 Å². The van der Waals surface area contributed by atoms with Gasteiger partial charge in [0.2, 0.25) is 10.0 Å². The Morgan fingerprint density at radius 3 is 2.62 bits per heavy atom. The SMILES string of the molecule is COC(=O)C(I)[C@H]1C[C@@H]2OC(C)(C)OC[C@@H]2N1S(=O)(=O)c1ccccc1. The quantitative estimate of drug-likeness (QED) is 0.361. The van der Waals surface area contributed by atoms with Gasteiger partial charge in [-0.05, 0) is 32.4 Å². The predicted octanol–water partition coefficient (Wildman–Crippen LogP) is 1.95. The van der Waals surface area contributed by atoms with Crippen LogP contribution in [0.4, 0.5) is 0 Å². The normalized spacial score (nSPS) is 29.8. The van der Waals surface area contributed by atoms with Crippen LogP contribution in [0, 0.1) is 0 Å². The summed E-state index contributed by atoms with van der Waals surface area (Å²) in [7, 11) is -2.52. The van der Waals surface area contributed by atoms with Crippen LogP contribution in [-0.2, 0) is 29.0 Å². The molecule has 2 aliphatic rings. The Bertz CT molecular complexity index is 769. The van der Waals surface area contributed by atoms with Gasteiger partial charge in [0.05, 0.1) is 36.8 Å². The summed E-state index contributed by atoms with van der Waals surface area (Å²) in [6, 6.07) is 7.15. The lowest BCUT2D eigenvalue weighted by Gasteiger charge is -2.40. The summed E-state index contributed by atoms with van der Waals surface area (Å²) in [6.07, 6.45) is 0.0656. The molecule has 2 aliphatic heterocycles. The first-order valence-electron chi connectivity index (χ1n) is 8.29. The minimum absolute atomic E-state index is 0.184. The fraction of sp³-hybridized carbons (Fsp3) is 0.588. The largest absolute Gasteiger partial charge is 0.468 e. The first kappa shape index (κ1) is 20.0. The van der Waals surface area contributed by atoms with Gasteiger partial charge in [-0.1, -0.05) is 40.8 Å². The Morgan fingerprint density at radius 2 is 2.00 bits per heavy atom. The number of carbonyl (C=O) groups excluding carboxylic acids is 1. The van der Waals surface area contributed by atoms with Gasteiger partial charge in [0.15, 0.2) is 5.79 Å². The number of rotatable bonds is 4. The molecule has 7 nitrogen and oxygen atoms in total. The monoisotopic (exact) mass is 495 g/mol. The number of hydrogen-bond donors (Lipinski definition) is 0. The zero-order valence-electron chi connectivity index (χ0n) is 14.8. The number of methoxy groups -OCH3 is 1. The molecule has 0 spiro atoms. The highest BCUT2D eigenvalue weighted by Crippen LogP contribution is 2.41. The van der Waals surface area contributed by atoms with E-state index in [2.05, 4.69) is 0 Å². The van der Waals surface area contributed by atoms with Crippen molar-refractivity contribution in [1.82, 2.24) is 4.31 Å². The van der Waals surface area contributed by atoms with Crippen LogP contribution in [0.5, 0.6) is 0 Å². The van der Waals surface area contributed by atoms with E-state index in [-0.39, 0.29) is 17.6 Å². The summed E-state index contributed by atoms with van der Waals surface area (Å²) >= 11 is 1.95. The number of sulfonamides is 1. The molecule has 0 aromatic heterocycles. The third-order valence-electron chi connectivity index (χ3n) is 4.68. The van der Waals surface area contributed by atoms with Gasteiger partial charge < -0.3 is 14.2 Å². The van der Waals surface area contributed by atoms with Crippen molar-refractivity contribution in [3.63, 3.8) is 0 Å². The van der Waals surface area contributed by atoms with E-state index >= 15 is 0 Å². The van der Waals surface area contributed by atoms with Crippen molar-refractivity contribution < 1.29 is 27.4 Å². The van der Waals surface area contributed by atoms with Gasteiger partial charge in [0.25, 0.3) is 0 Å². The predicted molar refractivity (Wildman–Crippen MR) is 102 cm³/mol. The van der Waals surface area contributed by atoms with E-state index in [0.29, 0.717) is 6.42 Å². The fourth-order valence-electron chi connectivity index (χ4n) is 3.49. The first-order chi connectivity index (χ1) is 12.2. The van der Waals surface area contributed by atoms with Gasteiger partial charge in [-0.15, -0.1) is 0 Å². The molecule has 0 N–H and O–H groups in total. The lowest BCUT2D eigenvalue weighted by atomic mass is 10.1. The fourth-order valence-corrected chi connectivity index (χ4v) is 6.46. The molecule has 0 radical (unpaired) electrons. The van der Waals surface area contributed by atoms with Crippen LogP contribution >= 0.6 is 22.6 Å². The zero-order chi connectivity index (χ0) is 19.1. The highest BCUT2D eigenvalue weighted by atomic mass is 127. The summed E-state index contributed by atoms with van der Waals surface area (Å²) in [4.78, 5) is 12.3. The minimum Gasteiger partial charge on any atom is -0.468 e. The maximum Gasteiger partial charge on any atom is 0.320 e. The minimum atomic E-state index is -3.82. The summed E-state index contributed by atoms with van der Waals surface area (Å²) in [5.41, 5.74) is 0. The Hall–Kier alpha value is -0.750. The second-order valence-corrected chi connectivity index (χ2v) is 10.00. The zero-order valence-corrected chi connectivity index (χ0v) is 17.8. The molecular formula is C17H22INO6S. The number of benzene rings is 1. The van der Waals surface area contributed by atoms with E-state index in [1.165, 1.54) is 11.4 Å². The van der Waals surface area contributed by atoms with Crippen LogP contribution < -0.4 is 0 Å². The van der Waals surface area contributed by atoms with Crippen molar-refractivity contribution in [2.24, 2.45) is 0 Å². The lowest BCUT2D eigenvalue weighted by Crippen LogP contribution is -2.54. The Morgan fingerprint density at radius 1 is 1.35 bits per heavy atom. The van der Waals surface area contributed by atoms with Crippen molar-refractivity contribution >= 4 is 38.6 Å². The third-order valence-corrected chi connectivity index (χ3v) is 7.98. The van der Waals surface area contributed by atoms with Crippen LogP contribution in [0.25, 0.3) is 0 Å². The molecule has 2 saturated heterocycles. The van der Waals surface area contributed by atoms with Crippen molar-refractivity contribution in [2.75, 3.05) is 13.7 Å². The molecule has 1 aromatic rings. The van der Waals surface area contributed by atoms with E-state index in [0.717, 1.165) is 0 Å². The van der Waals surface area contributed by atoms with E-state index in [4.69, 9.17) is 14.2 Å². The molecule has 144 valence electrons. The highest BCUT2D eigenvalue weighted by Gasteiger charge is 2.55. The maximum absolute atomic E-state index is 13.3. The number of esters is 1. The number of halogens is 1. The molecule has 2 heterocycles. The van der Waals surface area contributed by atoms with E-state index < -0.39 is 37.8 Å². The number of ether oxygens (including phenoxy) is 3. The van der Waals surface area contributed by atoms with Gasteiger partial charge in [-0.2, -0.15) is 4.31 Å².